The smallest absolute Gasteiger partial charge is 0.0520 e. The SMILES string of the molecule is Cc1ccc(C(C)(C)C[C@H](C)O)cc1. The fourth-order valence-electron chi connectivity index (χ4n) is 1.86. The summed E-state index contributed by atoms with van der Waals surface area (Å²) in [6.45, 7) is 8.27. The van der Waals surface area contributed by atoms with Crippen LogP contribution in [0, 0.1) is 6.92 Å². The van der Waals surface area contributed by atoms with Crippen molar-refractivity contribution in [2.45, 2.75) is 45.6 Å². The van der Waals surface area contributed by atoms with Crippen LogP contribution in [0.1, 0.15) is 38.3 Å². The lowest BCUT2D eigenvalue weighted by Crippen LogP contribution is -2.22. The third kappa shape index (κ3) is 2.85. The number of aliphatic hydroxyl groups excluding tert-OH is 1. The van der Waals surface area contributed by atoms with Gasteiger partial charge in [-0.2, -0.15) is 0 Å². The molecule has 1 atom stereocenters. The average Bonchev–Trinajstić information content (AvgIpc) is 2.02. The number of hydrogen-bond acceptors (Lipinski definition) is 1. The van der Waals surface area contributed by atoms with Crippen molar-refractivity contribution >= 4 is 0 Å². The molecule has 1 nitrogen and oxygen atoms in total. The van der Waals surface area contributed by atoms with Gasteiger partial charge in [-0.1, -0.05) is 43.7 Å². The lowest BCUT2D eigenvalue weighted by molar-refractivity contribution is 0.157. The van der Waals surface area contributed by atoms with E-state index in [0.717, 1.165) is 6.42 Å². The quantitative estimate of drug-likeness (QED) is 0.780. The third-order valence-electron chi connectivity index (χ3n) is 2.64. The Morgan fingerprint density at radius 2 is 1.71 bits per heavy atom. The second-order valence-electron chi connectivity index (χ2n) is 4.80. The van der Waals surface area contributed by atoms with E-state index in [0.29, 0.717) is 0 Å². The molecule has 0 aliphatic heterocycles. The van der Waals surface area contributed by atoms with Crippen LogP contribution in [0.5, 0.6) is 0 Å². The molecule has 0 aromatic heterocycles. The van der Waals surface area contributed by atoms with Crippen LogP contribution in [0.4, 0.5) is 0 Å². The molecule has 1 aromatic carbocycles. The lowest BCUT2D eigenvalue weighted by Gasteiger charge is -2.26. The summed E-state index contributed by atoms with van der Waals surface area (Å²) in [5, 5.41) is 9.40. The van der Waals surface area contributed by atoms with Crippen LogP contribution in [0.2, 0.25) is 0 Å². The fraction of sp³-hybridized carbons (Fsp3) is 0.538. The molecule has 1 aromatic rings. The first-order chi connectivity index (χ1) is 6.42. The Hall–Kier alpha value is -0.820. The topological polar surface area (TPSA) is 20.2 Å². The van der Waals surface area contributed by atoms with Crippen LogP contribution in [0.25, 0.3) is 0 Å². The zero-order chi connectivity index (χ0) is 10.8. The Morgan fingerprint density at radius 1 is 1.21 bits per heavy atom. The van der Waals surface area contributed by atoms with E-state index in [-0.39, 0.29) is 11.5 Å². The summed E-state index contributed by atoms with van der Waals surface area (Å²) in [6.07, 6.45) is 0.557. The highest BCUT2D eigenvalue weighted by Gasteiger charge is 2.22. The molecule has 0 bridgehead atoms. The van der Waals surface area contributed by atoms with Gasteiger partial charge in [-0.05, 0) is 31.2 Å². The average molecular weight is 192 g/mol. The Balaban J connectivity index is 2.86. The molecule has 0 aliphatic rings. The van der Waals surface area contributed by atoms with E-state index in [1.807, 2.05) is 6.92 Å². The van der Waals surface area contributed by atoms with E-state index < -0.39 is 0 Å². The molecule has 0 saturated carbocycles. The Morgan fingerprint density at radius 3 is 2.14 bits per heavy atom. The summed E-state index contributed by atoms with van der Waals surface area (Å²) in [4.78, 5) is 0. The van der Waals surface area contributed by atoms with Gasteiger partial charge in [-0.15, -0.1) is 0 Å². The molecule has 0 heterocycles. The molecule has 0 unspecified atom stereocenters. The summed E-state index contributed by atoms with van der Waals surface area (Å²) >= 11 is 0. The highest BCUT2D eigenvalue weighted by atomic mass is 16.3. The molecule has 0 spiro atoms. The summed E-state index contributed by atoms with van der Waals surface area (Å²) in [7, 11) is 0. The highest BCUT2D eigenvalue weighted by molar-refractivity contribution is 5.27. The first kappa shape index (κ1) is 11.3. The van der Waals surface area contributed by atoms with E-state index >= 15 is 0 Å². The van der Waals surface area contributed by atoms with Gasteiger partial charge in [0.2, 0.25) is 0 Å². The van der Waals surface area contributed by atoms with E-state index in [1.165, 1.54) is 11.1 Å². The Bertz CT molecular complexity index is 283. The van der Waals surface area contributed by atoms with Crippen LogP contribution in [-0.2, 0) is 5.41 Å². The zero-order valence-corrected chi connectivity index (χ0v) is 9.54. The molecule has 0 aliphatic carbocycles. The first-order valence-electron chi connectivity index (χ1n) is 5.17. The van der Waals surface area contributed by atoms with E-state index in [1.54, 1.807) is 0 Å². The van der Waals surface area contributed by atoms with E-state index in [9.17, 15) is 5.11 Å². The number of hydrogen-bond donors (Lipinski definition) is 1. The maximum atomic E-state index is 9.40. The van der Waals surface area contributed by atoms with Crippen molar-refractivity contribution in [3.63, 3.8) is 0 Å². The van der Waals surface area contributed by atoms with E-state index in [2.05, 4.69) is 45.0 Å². The van der Waals surface area contributed by atoms with Crippen LogP contribution in [0.15, 0.2) is 24.3 Å². The fourth-order valence-corrected chi connectivity index (χ4v) is 1.86. The number of aryl methyl sites for hydroxylation is 1. The minimum atomic E-state index is -0.244. The van der Waals surface area contributed by atoms with Gasteiger partial charge in [0.25, 0.3) is 0 Å². The van der Waals surface area contributed by atoms with Crippen LogP contribution in [-0.4, -0.2) is 11.2 Å². The molecular formula is C13H20O. The minimum Gasteiger partial charge on any atom is -0.393 e. The van der Waals surface area contributed by atoms with E-state index in [4.69, 9.17) is 0 Å². The van der Waals surface area contributed by atoms with Crippen molar-refractivity contribution in [3.8, 4) is 0 Å². The molecule has 14 heavy (non-hydrogen) atoms. The monoisotopic (exact) mass is 192 g/mol. The van der Waals surface area contributed by atoms with Gasteiger partial charge in [0.15, 0.2) is 0 Å². The van der Waals surface area contributed by atoms with Crippen molar-refractivity contribution in [2.75, 3.05) is 0 Å². The van der Waals surface area contributed by atoms with Gasteiger partial charge in [0, 0.05) is 0 Å². The molecule has 78 valence electrons. The van der Waals surface area contributed by atoms with Gasteiger partial charge < -0.3 is 5.11 Å². The highest BCUT2D eigenvalue weighted by Crippen LogP contribution is 2.28. The molecule has 1 rings (SSSR count). The first-order valence-corrected chi connectivity index (χ1v) is 5.17. The third-order valence-corrected chi connectivity index (χ3v) is 2.64. The van der Waals surface area contributed by atoms with Crippen LogP contribution >= 0.6 is 0 Å². The standard InChI is InChI=1S/C13H20O/c1-10-5-7-12(8-6-10)13(3,4)9-11(2)14/h5-8,11,14H,9H2,1-4H3/t11-/m0/s1. The minimum absolute atomic E-state index is 0.0574. The second kappa shape index (κ2) is 4.14. The Labute approximate surface area is 86.8 Å². The van der Waals surface area contributed by atoms with Crippen molar-refractivity contribution < 1.29 is 5.11 Å². The van der Waals surface area contributed by atoms with Crippen molar-refractivity contribution in [1.29, 1.82) is 0 Å². The summed E-state index contributed by atoms with van der Waals surface area (Å²) < 4.78 is 0. The predicted molar refractivity (Wildman–Crippen MR) is 60.5 cm³/mol. The number of benzene rings is 1. The van der Waals surface area contributed by atoms with Crippen LogP contribution in [0.3, 0.4) is 0 Å². The molecule has 0 saturated heterocycles. The molecule has 1 N–H and O–H groups in total. The Kier molecular flexibility index (Phi) is 3.33. The normalized spacial score (nSPS) is 14.1. The number of rotatable bonds is 3. The molecule has 0 amide bonds. The maximum absolute atomic E-state index is 9.40. The maximum Gasteiger partial charge on any atom is 0.0520 e. The molecule has 1 heteroatoms. The predicted octanol–water partition coefficient (Wildman–Crippen LogP) is 3.04. The van der Waals surface area contributed by atoms with Gasteiger partial charge in [0.05, 0.1) is 6.10 Å². The summed E-state index contributed by atoms with van der Waals surface area (Å²) in [5.41, 5.74) is 2.63. The summed E-state index contributed by atoms with van der Waals surface area (Å²) in [5.74, 6) is 0. The van der Waals surface area contributed by atoms with Crippen molar-refractivity contribution in [1.82, 2.24) is 0 Å². The van der Waals surface area contributed by atoms with Crippen LogP contribution < -0.4 is 0 Å². The van der Waals surface area contributed by atoms with Gasteiger partial charge in [-0.3, -0.25) is 0 Å². The molecule has 0 radical (unpaired) electrons. The van der Waals surface area contributed by atoms with Crippen molar-refractivity contribution in [3.05, 3.63) is 35.4 Å². The zero-order valence-electron chi connectivity index (χ0n) is 9.54. The van der Waals surface area contributed by atoms with Crippen molar-refractivity contribution in [2.24, 2.45) is 0 Å². The summed E-state index contributed by atoms with van der Waals surface area (Å²) in [6, 6.07) is 8.55. The number of aliphatic hydroxyl groups is 1. The molecular weight excluding hydrogens is 172 g/mol. The van der Waals surface area contributed by atoms with Gasteiger partial charge >= 0.3 is 0 Å². The largest absolute Gasteiger partial charge is 0.393 e. The van der Waals surface area contributed by atoms with Gasteiger partial charge in [0.1, 0.15) is 0 Å². The van der Waals surface area contributed by atoms with Gasteiger partial charge in [-0.25, -0.2) is 0 Å². The lowest BCUT2D eigenvalue weighted by atomic mass is 9.80. The molecule has 0 fully saturated rings. The second-order valence-corrected chi connectivity index (χ2v) is 4.80.